The van der Waals surface area contributed by atoms with E-state index in [1.165, 1.54) is 13.2 Å². The van der Waals surface area contributed by atoms with E-state index in [4.69, 9.17) is 0 Å². The molecule has 1 atom stereocenters. The topological polar surface area (TPSA) is 94.6 Å². The Labute approximate surface area is 129 Å². The van der Waals surface area contributed by atoms with Gasteiger partial charge in [0.05, 0.1) is 18.7 Å². The number of ether oxygens (including phenoxy) is 1. The molecule has 1 unspecified atom stereocenters. The van der Waals surface area contributed by atoms with Crippen molar-refractivity contribution in [2.24, 2.45) is 0 Å². The Morgan fingerprint density at radius 3 is 2.68 bits per heavy atom. The second-order valence-electron chi connectivity index (χ2n) is 6.28. The van der Waals surface area contributed by atoms with Gasteiger partial charge in [0.1, 0.15) is 11.4 Å². The van der Waals surface area contributed by atoms with E-state index in [9.17, 15) is 15.0 Å². The molecule has 0 saturated heterocycles. The van der Waals surface area contributed by atoms with Crippen molar-refractivity contribution in [3.63, 3.8) is 0 Å². The minimum absolute atomic E-state index is 0.0184. The van der Waals surface area contributed by atoms with Gasteiger partial charge in [-0.15, -0.1) is 0 Å². The van der Waals surface area contributed by atoms with Crippen molar-refractivity contribution in [3.8, 4) is 5.75 Å². The maximum absolute atomic E-state index is 11.6. The van der Waals surface area contributed by atoms with Crippen LogP contribution < -0.4 is 5.32 Å². The Hall–Kier alpha value is -2.05. The molecule has 22 heavy (non-hydrogen) atoms. The number of aromatic hydroxyl groups is 1. The van der Waals surface area contributed by atoms with E-state index >= 15 is 0 Å². The summed E-state index contributed by atoms with van der Waals surface area (Å²) in [5.74, 6) is -0.506. The molecule has 0 aliphatic carbocycles. The van der Waals surface area contributed by atoms with Gasteiger partial charge in [-0.3, -0.25) is 0 Å². The third-order valence-electron chi connectivity index (χ3n) is 3.40. The summed E-state index contributed by atoms with van der Waals surface area (Å²) in [5, 5.41) is 24.2. The van der Waals surface area contributed by atoms with Gasteiger partial charge in [-0.1, -0.05) is 6.07 Å². The largest absolute Gasteiger partial charge is 0.506 e. The van der Waals surface area contributed by atoms with E-state index in [-0.39, 0.29) is 17.0 Å². The van der Waals surface area contributed by atoms with Gasteiger partial charge in [-0.2, -0.15) is 0 Å². The number of phenols is 1. The van der Waals surface area contributed by atoms with Gasteiger partial charge in [-0.05, 0) is 38.5 Å². The predicted molar refractivity (Wildman–Crippen MR) is 84.0 cm³/mol. The SMILES string of the molecule is COC(=O)c1cc2c(C(O)CNC(C)(C)C)ccc(O)c2[nH]1. The van der Waals surface area contributed by atoms with Crippen LogP contribution in [0.15, 0.2) is 18.2 Å². The van der Waals surface area contributed by atoms with Crippen molar-refractivity contribution in [2.45, 2.75) is 32.4 Å². The Balaban J connectivity index is 2.39. The molecule has 120 valence electrons. The lowest BCUT2D eigenvalue weighted by atomic mass is 10.0. The predicted octanol–water partition coefficient (Wildman–Crippen LogP) is 2.08. The first kappa shape index (κ1) is 16.3. The summed E-state index contributed by atoms with van der Waals surface area (Å²) in [5.41, 5.74) is 1.16. The van der Waals surface area contributed by atoms with Crippen LogP contribution in [0.2, 0.25) is 0 Å². The Morgan fingerprint density at radius 1 is 1.41 bits per heavy atom. The van der Waals surface area contributed by atoms with Gasteiger partial charge >= 0.3 is 5.97 Å². The standard InChI is InChI=1S/C16H22N2O4/c1-16(2,3)17-8-13(20)9-5-6-12(19)14-10(9)7-11(18-14)15(21)22-4/h5-7,13,17-20H,8H2,1-4H3. The molecule has 0 saturated carbocycles. The monoisotopic (exact) mass is 306 g/mol. The number of aromatic amines is 1. The second kappa shape index (κ2) is 5.98. The first-order chi connectivity index (χ1) is 10.2. The fourth-order valence-corrected chi connectivity index (χ4v) is 2.25. The number of aromatic nitrogens is 1. The molecule has 1 aromatic heterocycles. The normalized spacial score (nSPS) is 13.3. The van der Waals surface area contributed by atoms with Gasteiger partial charge in [0.2, 0.25) is 0 Å². The van der Waals surface area contributed by atoms with Crippen LogP contribution in [0.4, 0.5) is 0 Å². The molecule has 0 radical (unpaired) electrons. The number of nitrogens with one attached hydrogen (secondary N) is 2. The molecule has 1 heterocycles. The van der Waals surface area contributed by atoms with E-state index in [1.54, 1.807) is 12.1 Å². The number of hydrogen-bond donors (Lipinski definition) is 4. The van der Waals surface area contributed by atoms with Gasteiger partial charge < -0.3 is 25.3 Å². The number of esters is 1. The number of β-amino-alcohol motifs (C(OH)–C–C–N with tert-alkyl or cyclic N) is 1. The van der Waals surface area contributed by atoms with Gasteiger partial charge in [0, 0.05) is 17.5 Å². The molecule has 2 rings (SSSR count). The van der Waals surface area contributed by atoms with Crippen LogP contribution in [0.3, 0.4) is 0 Å². The summed E-state index contributed by atoms with van der Waals surface area (Å²) in [6.45, 7) is 6.40. The van der Waals surface area contributed by atoms with E-state index in [2.05, 4.69) is 15.0 Å². The first-order valence-electron chi connectivity index (χ1n) is 7.09. The van der Waals surface area contributed by atoms with E-state index in [0.29, 0.717) is 23.0 Å². The second-order valence-corrected chi connectivity index (χ2v) is 6.28. The third kappa shape index (κ3) is 3.40. The van der Waals surface area contributed by atoms with Crippen LogP contribution in [0.5, 0.6) is 5.75 Å². The first-order valence-corrected chi connectivity index (χ1v) is 7.09. The van der Waals surface area contributed by atoms with Crippen molar-refractivity contribution in [2.75, 3.05) is 13.7 Å². The van der Waals surface area contributed by atoms with E-state index in [0.717, 1.165) is 0 Å². The number of hydrogen-bond acceptors (Lipinski definition) is 5. The summed E-state index contributed by atoms with van der Waals surface area (Å²) in [6.07, 6.45) is -0.761. The zero-order chi connectivity index (χ0) is 16.5. The lowest BCUT2D eigenvalue weighted by Crippen LogP contribution is -2.38. The molecular weight excluding hydrogens is 284 g/mol. The maximum atomic E-state index is 11.6. The highest BCUT2D eigenvalue weighted by Gasteiger charge is 2.19. The fourth-order valence-electron chi connectivity index (χ4n) is 2.25. The lowest BCUT2D eigenvalue weighted by molar-refractivity contribution is 0.0595. The minimum atomic E-state index is -0.761. The van der Waals surface area contributed by atoms with Gasteiger partial charge in [0.25, 0.3) is 0 Å². The molecule has 6 nitrogen and oxygen atoms in total. The molecule has 0 aliphatic rings. The van der Waals surface area contributed by atoms with Crippen LogP contribution in [-0.4, -0.2) is 40.4 Å². The van der Waals surface area contributed by atoms with Crippen LogP contribution in [0.1, 0.15) is 42.9 Å². The van der Waals surface area contributed by atoms with Crippen molar-refractivity contribution < 1.29 is 19.7 Å². The maximum Gasteiger partial charge on any atom is 0.354 e. The highest BCUT2D eigenvalue weighted by molar-refractivity contribution is 5.98. The molecular formula is C16H22N2O4. The number of carbonyl (C=O) groups excluding carboxylic acids is 1. The van der Waals surface area contributed by atoms with Crippen molar-refractivity contribution in [3.05, 3.63) is 29.5 Å². The highest BCUT2D eigenvalue weighted by atomic mass is 16.5. The van der Waals surface area contributed by atoms with Crippen molar-refractivity contribution in [1.82, 2.24) is 10.3 Å². The van der Waals surface area contributed by atoms with Crippen LogP contribution >= 0.6 is 0 Å². The quantitative estimate of drug-likeness (QED) is 0.649. The zero-order valence-corrected chi connectivity index (χ0v) is 13.2. The van der Waals surface area contributed by atoms with E-state index < -0.39 is 12.1 Å². The summed E-state index contributed by atoms with van der Waals surface area (Å²) in [6, 6.07) is 4.73. The van der Waals surface area contributed by atoms with Gasteiger partial charge in [-0.25, -0.2) is 4.79 Å². The molecule has 0 aliphatic heterocycles. The number of aliphatic hydroxyl groups is 1. The smallest absolute Gasteiger partial charge is 0.354 e. The lowest BCUT2D eigenvalue weighted by Gasteiger charge is -2.23. The van der Waals surface area contributed by atoms with Crippen LogP contribution in [-0.2, 0) is 4.74 Å². The Bertz CT molecular complexity index is 685. The Kier molecular flexibility index (Phi) is 4.44. The summed E-state index contributed by atoms with van der Waals surface area (Å²) < 4.78 is 4.67. The zero-order valence-electron chi connectivity index (χ0n) is 13.2. The van der Waals surface area contributed by atoms with Crippen molar-refractivity contribution >= 4 is 16.9 Å². The number of carbonyl (C=O) groups is 1. The van der Waals surface area contributed by atoms with Crippen molar-refractivity contribution in [1.29, 1.82) is 0 Å². The molecule has 0 amide bonds. The van der Waals surface area contributed by atoms with E-state index in [1.807, 2.05) is 20.8 Å². The number of methoxy groups -OCH3 is 1. The molecule has 1 aromatic carbocycles. The Morgan fingerprint density at radius 2 is 2.09 bits per heavy atom. The molecule has 2 aromatic rings. The van der Waals surface area contributed by atoms with Gasteiger partial charge in [0.15, 0.2) is 0 Å². The average Bonchev–Trinajstić information content (AvgIpc) is 2.89. The number of benzene rings is 1. The third-order valence-corrected chi connectivity index (χ3v) is 3.40. The molecule has 0 bridgehead atoms. The number of phenolic OH excluding ortho intramolecular Hbond substituents is 1. The number of aliphatic hydroxyl groups excluding tert-OH is 1. The highest BCUT2D eigenvalue weighted by Crippen LogP contribution is 2.31. The number of rotatable bonds is 4. The number of fused-ring (bicyclic) bond motifs is 1. The average molecular weight is 306 g/mol. The summed E-state index contributed by atoms with van der Waals surface area (Å²) in [7, 11) is 1.29. The van der Waals surface area contributed by atoms with Crippen LogP contribution in [0, 0.1) is 0 Å². The fraction of sp³-hybridized carbons (Fsp3) is 0.438. The summed E-state index contributed by atoms with van der Waals surface area (Å²) in [4.78, 5) is 14.4. The molecule has 6 heteroatoms. The van der Waals surface area contributed by atoms with Crippen LogP contribution in [0.25, 0.3) is 10.9 Å². The molecule has 0 spiro atoms. The molecule has 4 N–H and O–H groups in total. The minimum Gasteiger partial charge on any atom is -0.506 e. The molecule has 0 fully saturated rings. The summed E-state index contributed by atoms with van der Waals surface area (Å²) >= 11 is 0. The number of H-pyrrole nitrogens is 1.